The molecule has 0 spiro atoms. The van der Waals surface area contributed by atoms with Crippen LogP contribution in [0.2, 0.25) is 0 Å². The van der Waals surface area contributed by atoms with Crippen molar-refractivity contribution in [2.75, 3.05) is 38.1 Å². The normalized spacial score (nSPS) is 15.6. The number of likely N-dealkylation sites (N-methyl/N-ethyl adjacent to an activating group) is 1. The minimum absolute atomic E-state index is 0.00103. The molecule has 11 heteroatoms. The first-order valence-electron chi connectivity index (χ1n) is 12.6. The van der Waals surface area contributed by atoms with Crippen LogP contribution in [0.25, 0.3) is 10.8 Å². The number of nitrogens with zero attached hydrogens (tertiary/aromatic N) is 5. The average Bonchev–Trinajstić information content (AvgIpc) is 3.32. The van der Waals surface area contributed by atoms with Gasteiger partial charge in [-0.25, -0.2) is 17.5 Å². The lowest BCUT2D eigenvalue weighted by atomic mass is 10.1. The molecule has 0 unspecified atom stereocenters. The molecule has 9 nitrogen and oxygen atoms in total. The Balaban J connectivity index is 1.36. The van der Waals surface area contributed by atoms with E-state index in [9.17, 15) is 12.8 Å². The summed E-state index contributed by atoms with van der Waals surface area (Å²) in [4.78, 5) is 4.62. The smallest absolute Gasteiger partial charge is 0.322 e. The van der Waals surface area contributed by atoms with Crippen LogP contribution in [0.3, 0.4) is 0 Å². The zero-order valence-corrected chi connectivity index (χ0v) is 22.4. The molecule has 0 radical (unpaired) electrons. The summed E-state index contributed by atoms with van der Waals surface area (Å²) in [6, 6.07) is 16.3. The van der Waals surface area contributed by atoms with Gasteiger partial charge in [0.05, 0.1) is 10.9 Å². The summed E-state index contributed by atoms with van der Waals surface area (Å²) in [6.45, 7) is 7.96. The van der Waals surface area contributed by atoms with Crippen LogP contribution in [-0.4, -0.2) is 61.3 Å². The molecule has 1 aliphatic heterocycles. The molecule has 0 aliphatic carbocycles. The van der Waals surface area contributed by atoms with Gasteiger partial charge in [-0.3, -0.25) is 4.57 Å². The first-order chi connectivity index (χ1) is 18.3. The van der Waals surface area contributed by atoms with Gasteiger partial charge in [-0.2, -0.15) is 0 Å². The highest BCUT2D eigenvalue weighted by Crippen LogP contribution is 2.29. The molecule has 3 aromatic carbocycles. The number of rotatable bonds is 8. The summed E-state index contributed by atoms with van der Waals surface area (Å²) in [5.74, 6) is 0.561. The van der Waals surface area contributed by atoms with Crippen molar-refractivity contribution in [3.05, 3.63) is 72.3 Å². The van der Waals surface area contributed by atoms with E-state index in [4.69, 9.17) is 4.74 Å². The summed E-state index contributed by atoms with van der Waals surface area (Å²) in [7, 11) is -1.88. The quantitative estimate of drug-likeness (QED) is 0.360. The van der Waals surface area contributed by atoms with Gasteiger partial charge in [0.2, 0.25) is 10.0 Å². The molecule has 5 rings (SSSR count). The Bertz CT molecular complexity index is 1550. The van der Waals surface area contributed by atoms with Crippen molar-refractivity contribution in [1.82, 2.24) is 24.4 Å². The van der Waals surface area contributed by atoms with Gasteiger partial charge in [-0.05, 0) is 45.2 Å². The Labute approximate surface area is 221 Å². The Morgan fingerprint density at radius 1 is 1.00 bits per heavy atom. The van der Waals surface area contributed by atoms with Crippen LogP contribution in [0.5, 0.6) is 11.8 Å². The van der Waals surface area contributed by atoms with Crippen molar-refractivity contribution in [3.8, 4) is 11.8 Å². The monoisotopic (exact) mass is 538 g/mol. The third-order valence-corrected chi connectivity index (χ3v) is 8.40. The first-order valence-corrected chi connectivity index (χ1v) is 14.1. The predicted octanol–water partition coefficient (Wildman–Crippen LogP) is 4.17. The molecule has 1 aliphatic rings. The fourth-order valence-corrected chi connectivity index (χ4v) is 6.14. The van der Waals surface area contributed by atoms with Gasteiger partial charge < -0.3 is 14.5 Å². The third-order valence-electron chi connectivity index (χ3n) is 6.80. The van der Waals surface area contributed by atoms with Crippen LogP contribution in [0.1, 0.15) is 25.7 Å². The van der Waals surface area contributed by atoms with E-state index in [1.54, 1.807) is 35.8 Å². The van der Waals surface area contributed by atoms with Crippen molar-refractivity contribution in [2.45, 2.75) is 31.3 Å². The second-order valence-electron chi connectivity index (χ2n) is 9.41. The molecule has 1 fully saturated rings. The molecule has 200 valence electrons. The van der Waals surface area contributed by atoms with Crippen LogP contribution in [0, 0.1) is 5.82 Å². The third kappa shape index (κ3) is 5.22. The van der Waals surface area contributed by atoms with Crippen LogP contribution in [0.4, 0.5) is 10.1 Å². The lowest BCUT2D eigenvalue weighted by Gasteiger charge is -2.34. The van der Waals surface area contributed by atoms with Gasteiger partial charge in [-0.1, -0.05) is 35.4 Å². The Morgan fingerprint density at radius 3 is 2.47 bits per heavy atom. The van der Waals surface area contributed by atoms with Crippen molar-refractivity contribution in [2.24, 2.45) is 0 Å². The second-order valence-corrected chi connectivity index (χ2v) is 11.1. The molecule has 1 saturated heterocycles. The van der Waals surface area contributed by atoms with Gasteiger partial charge in [-0.15, -0.1) is 5.10 Å². The molecule has 38 heavy (non-hydrogen) atoms. The molecule has 1 aromatic heterocycles. The number of benzene rings is 3. The van der Waals surface area contributed by atoms with Gasteiger partial charge in [0.15, 0.2) is 5.82 Å². The highest BCUT2D eigenvalue weighted by atomic mass is 32.2. The molecular weight excluding hydrogens is 507 g/mol. The van der Waals surface area contributed by atoms with E-state index in [0.29, 0.717) is 23.5 Å². The standard InChI is InChI=1S/C27H31FN6O3S/c1-4-34-26(19(2)31-38(35,36)25-13-12-24(28)22-10-5-6-11-23(22)25)29-30-27(34)37-21-9-7-8-20(18-21)33-16-14-32(3)15-17-33/h5-13,18-19,31H,4,14-17H2,1-3H3/t19-/m1/s1. The molecule has 0 amide bonds. The number of aromatic nitrogens is 3. The highest BCUT2D eigenvalue weighted by molar-refractivity contribution is 7.89. The van der Waals surface area contributed by atoms with Gasteiger partial charge >= 0.3 is 6.01 Å². The van der Waals surface area contributed by atoms with E-state index in [1.165, 1.54) is 6.07 Å². The fourth-order valence-electron chi connectivity index (χ4n) is 4.72. The van der Waals surface area contributed by atoms with Crippen LogP contribution in [-0.2, 0) is 16.6 Å². The van der Waals surface area contributed by atoms with E-state index in [2.05, 4.69) is 37.8 Å². The average molecular weight is 539 g/mol. The number of fused-ring (bicyclic) bond motifs is 1. The van der Waals surface area contributed by atoms with Crippen LogP contribution < -0.4 is 14.4 Å². The van der Waals surface area contributed by atoms with E-state index < -0.39 is 21.9 Å². The van der Waals surface area contributed by atoms with E-state index in [-0.39, 0.29) is 16.3 Å². The number of nitrogens with one attached hydrogen (secondary N) is 1. The number of sulfonamides is 1. The minimum Gasteiger partial charge on any atom is -0.424 e. The zero-order chi connectivity index (χ0) is 26.9. The lowest BCUT2D eigenvalue weighted by molar-refractivity contribution is 0.312. The Morgan fingerprint density at radius 2 is 1.74 bits per heavy atom. The molecule has 1 atom stereocenters. The maximum absolute atomic E-state index is 14.3. The summed E-state index contributed by atoms with van der Waals surface area (Å²) >= 11 is 0. The first kappa shape index (κ1) is 26.1. The minimum atomic E-state index is -4.00. The Hall–Kier alpha value is -3.54. The van der Waals surface area contributed by atoms with Crippen molar-refractivity contribution in [1.29, 1.82) is 0 Å². The SMILES string of the molecule is CCn1c(Oc2cccc(N3CCN(C)CC3)c2)nnc1[C@@H](C)NS(=O)(=O)c1ccc(F)c2ccccc12. The van der Waals surface area contributed by atoms with Gasteiger partial charge in [0, 0.05) is 55.2 Å². The van der Waals surface area contributed by atoms with Gasteiger partial charge in [0.1, 0.15) is 11.6 Å². The topological polar surface area (TPSA) is 92.6 Å². The second kappa shape index (κ2) is 10.7. The molecular formula is C27H31FN6O3S. The molecule has 0 saturated carbocycles. The number of hydrogen-bond acceptors (Lipinski definition) is 7. The zero-order valence-electron chi connectivity index (χ0n) is 21.6. The lowest BCUT2D eigenvalue weighted by Crippen LogP contribution is -2.44. The molecule has 4 aromatic rings. The Kier molecular flexibility index (Phi) is 7.33. The van der Waals surface area contributed by atoms with Crippen LogP contribution in [0.15, 0.2) is 65.6 Å². The summed E-state index contributed by atoms with van der Waals surface area (Å²) in [6.07, 6.45) is 0. The van der Waals surface area contributed by atoms with Crippen molar-refractivity contribution >= 4 is 26.5 Å². The summed E-state index contributed by atoms with van der Waals surface area (Å²) in [5, 5.41) is 9.01. The van der Waals surface area contributed by atoms with Crippen molar-refractivity contribution < 1.29 is 17.5 Å². The van der Waals surface area contributed by atoms with E-state index in [1.807, 2.05) is 25.1 Å². The molecule has 2 heterocycles. The van der Waals surface area contributed by atoms with Crippen molar-refractivity contribution in [3.63, 3.8) is 0 Å². The summed E-state index contributed by atoms with van der Waals surface area (Å²) in [5.41, 5.74) is 1.08. The van der Waals surface area contributed by atoms with Gasteiger partial charge in [0.25, 0.3) is 0 Å². The molecule has 1 N–H and O–H groups in total. The predicted molar refractivity (Wildman–Crippen MR) is 145 cm³/mol. The highest BCUT2D eigenvalue weighted by Gasteiger charge is 2.26. The maximum Gasteiger partial charge on any atom is 0.322 e. The van der Waals surface area contributed by atoms with Crippen LogP contribution >= 0.6 is 0 Å². The summed E-state index contributed by atoms with van der Waals surface area (Å²) < 4.78 is 51.4. The number of piperazine rings is 1. The number of anilines is 1. The maximum atomic E-state index is 14.3. The van der Waals surface area contributed by atoms with E-state index >= 15 is 0 Å². The molecule has 0 bridgehead atoms. The fraction of sp³-hybridized carbons (Fsp3) is 0.333. The number of halogens is 1. The van der Waals surface area contributed by atoms with E-state index in [0.717, 1.165) is 37.9 Å². The number of ether oxygens (including phenoxy) is 1. The number of hydrogen-bond donors (Lipinski definition) is 1. The largest absolute Gasteiger partial charge is 0.424 e.